The molecule has 6 nitrogen and oxygen atoms in total. The molecule has 3 fully saturated rings. The second-order valence-corrected chi connectivity index (χ2v) is 8.87. The molecule has 0 spiro atoms. The Morgan fingerprint density at radius 2 is 2.18 bits per heavy atom. The van der Waals surface area contributed by atoms with Gasteiger partial charge in [0, 0.05) is 31.5 Å². The predicted molar refractivity (Wildman–Crippen MR) is 104 cm³/mol. The van der Waals surface area contributed by atoms with Crippen LogP contribution in [0.2, 0.25) is 0 Å². The van der Waals surface area contributed by atoms with E-state index in [0.717, 1.165) is 24.3 Å². The molecule has 6 heteroatoms. The van der Waals surface area contributed by atoms with E-state index in [-0.39, 0.29) is 18.6 Å². The average molecular weight is 385 g/mol. The molecule has 0 radical (unpaired) electrons. The van der Waals surface area contributed by atoms with Gasteiger partial charge in [0.05, 0.1) is 32.2 Å². The number of para-hydroxylation sites is 1. The fourth-order valence-electron chi connectivity index (χ4n) is 7.49. The molecular formula is C22H29N2O4+. The molecule has 28 heavy (non-hydrogen) atoms. The van der Waals surface area contributed by atoms with Crippen molar-refractivity contribution in [3.63, 3.8) is 0 Å². The van der Waals surface area contributed by atoms with Gasteiger partial charge in [-0.05, 0) is 24.1 Å². The summed E-state index contributed by atoms with van der Waals surface area (Å²) in [5.74, 6) is -0.546. The number of allylic oxidation sites excluding steroid dienone is 1. The van der Waals surface area contributed by atoms with Crippen LogP contribution in [-0.4, -0.2) is 61.8 Å². The summed E-state index contributed by atoms with van der Waals surface area (Å²) in [7, 11) is 3.32. The Balaban J connectivity index is 1.91. The molecule has 3 aliphatic heterocycles. The summed E-state index contributed by atoms with van der Waals surface area (Å²) in [4.78, 5) is 16.9. The van der Waals surface area contributed by atoms with Crippen LogP contribution in [0.25, 0.3) is 0 Å². The van der Waals surface area contributed by atoms with Crippen LogP contribution in [0.3, 0.4) is 0 Å². The number of anilines is 1. The number of carbonyl (C=O) groups is 1. The maximum Gasteiger partial charge on any atom is 0.315 e. The molecule has 3 bridgehead atoms. The van der Waals surface area contributed by atoms with Crippen molar-refractivity contribution in [2.45, 2.75) is 36.9 Å². The lowest BCUT2D eigenvalue weighted by Crippen LogP contribution is -3.23. The third-order valence-electron chi connectivity index (χ3n) is 8.54. The Morgan fingerprint density at radius 3 is 2.86 bits per heavy atom. The van der Waals surface area contributed by atoms with Crippen LogP contribution in [0.4, 0.5) is 5.69 Å². The van der Waals surface area contributed by atoms with Crippen LogP contribution in [0.5, 0.6) is 0 Å². The molecule has 0 aromatic heterocycles. The fraction of sp³-hybridized carbons (Fsp3) is 0.591. The van der Waals surface area contributed by atoms with E-state index < -0.39 is 22.5 Å². The van der Waals surface area contributed by atoms with E-state index in [1.807, 2.05) is 43.1 Å². The molecule has 150 valence electrons. The highest BCUT2D eigenvalue weighted by Gasteiger charge is 2.83. The topological polar surface area (TPSA) is 74.4 Å². The zero-order valence-corrected chi connectivity index (χ0v) is 16.7. The van der Waals surface area contributed by atoms with Crippen molar-refractivity contribution in [2.24, 2.45) is 11.3 Å². The lowest BCUT2D eigenvalue weighted by molar-refractivity contribution is -0.945. The van der Waals surface area contributed by atoms with Gasteiger partial charge in [-0.3, -0.25) is 4.79 Å². The number of aliphatic hydroxyl groups excluding tert-OH is 1. The van der Waals surface area contributed by atoms with E-state index in [4.69, 9.17) is 4.74 Å². The van der Waals surface area contributed by atoms with Crippen molar-refractivity contribution in [3.8, 4) is 0 Å². The number of benzene rings is 1. The number of nitrogens with one attached hydrogen (secondary N) is 1. The number of likely N-dealkylation sites (N-methyl/N-ethyl adjacent to an activating group) is 1. The largest absolute Gasteiger partial charge is 0.468 e. The molecule has 3 N–H and O–H groups in total. The molecule has 1 saturated carbocycles. The minimum atomic E-state index is -1.24. The van der Waals surface area contributed by atoms with Gasteiger partial charge in [-0.2, -0.15) is 0 Å². The summed E-state index contributed by atoms with van der Waals surface area (Å²) in [6, 6.07) is 7.95. The summed E-state index contributed by atoms with van der Waals surface area (Å²) in [6.07, 6.45) is 3.41. The van der Waals surface area contributed by atoms with E-state index in [2.05, 4.69) is 6.08 Å². The smallest absolute Gasteiger partial charge is 0.315 e. The number of methoxy groups -OCH3 is 1. The number of rotatable bonds is 2. The minimum Gasteiger partial charge on any atom is -0.468 e. The Kier molecular flexibility index (Phi) is 3.62. The summed E-state index contributed by atoms with van der Waals surface area (Å²) in [5.41, 5.74) is -0.246. The molecule has 3 heterocycles. The number of piperidine rings is 2. The van der Waals surface area contributed by atoms with E-state index in [1.54, 1.807) is 0 Å². The number of quaternary nitrogens is 1. The van der Waals surface area contributed by atoms with E-state index >= 15 is 0 Å². The Labute approximate surface area is 165 Å². The van der Waals surface area contributed by atoms with Crippen molar-refractivity contribution in [1.82, 2.24) is 0 Å². The van der Waals surface area contributed by atoms with Gasteiger partial charge >= 0.3 is 5.97 Å². The van der Waals surface area contributed by atoms with Gasteiger partial charge in [-0.15, -0.1) is 0 Å². The highest BCUT2D eigenvalue weighted by Crippen LogP contribution is 2.69. The summed E-state index contributed by atoms with van der Waals surface area (Å²) in [6.45, 7) is 3.33. The van der Waals surface area contributed by atoms with Crippen molar-refractivity contribution in [3.05, 3.63) is 41.5 Å². The van der Waals surface area contributed by atoms with Crippen LogP contribution in [0.1, 0.15) is 25.3 Å². The Morgan fingerprint density at radius 1 is 1.43 bits per heavy atom. The first-order valence-electron chi connectivity index (χ1n) is 10.2. The standard InChI is InChI=1S/C22H28N2O4/c1-4-14-12-24-10-9-21-15-7-5-6-8-17(15)23(2)22(21,27)18(24)11-16(14)20(21,13-25)19(26)28-3/h4-8,16,18,25,27H,9-13H2,1-3H3/p+1/t16-,18-,20-,21-,22+/m0/s1. The molecule has 1 aromatic rings. The zero-order chi connectivity index (χ0) is 19.9. The van der Waals surface area contributed by atoms with Crippen molar-refractivity contribution >= 4 is 11.7 Å². The summed E-state index contributed by atoms with van der Waals surface area (Å²) >= 11 is 0. The van der Waals surface area contributed by atoms with E-state index in [1.165, 1.54) is 17.6 Å². The van der Waals surface area contributed by atoms with Gasteiger partial charge in [-0.1, -0.05) is 24.3 Å². The Hall–Kier alpha value is -1.89. The van der Waals surface area contributed by atoms with Crippen molar-refractivity contribution < 1.29 is 24.6 Å². The van der Waals surface area contributed by atoms with Gasteiger partial charge in [0.25, 0.3) is 0 Å². The van der Waals surface area contributed by atoms with Crippen molar-refractivity contribution in [2.75, 3.05) is 38.8 Å². The molecule has 6 atom stereocenters. The number of hydrogen-bond acceptors (Lipinski definition) is 5. The molecule has 1 unspecified atom stereocenters. The first-order valence-corrected chi connectivity index (χ1v) is 10.2. The SMILES string of the molecule is CC=C1C[NH+]2CC[C@@]34c5ccccc5N(C)[C@@]3(O)[C@@H]2C[C@@H]1[C@@]4(CO)C(=O)OC. The van der Waals surface area contributed by atoms with Gasteiger partial charge in [0.1, 0.15) is 11.5 Å². The van der Waals surface area contributed by atoms with E-state index in [0.29, 0.717) is 12.8 Å². The van der Waals surface area contributed by atoms with Gasteiger partial charge < -0.3 is 24.7 Å². The predicted octanol–water partition coefficient (Wildman–Crippen LogP) is -0.148. The maximum absolute atomic E-state index is 13.5. The van der Waals surface area contributed by atoms with Gasteiger partial charge in [-0.25, -0.2) is 0 Å². The highest BCUT2D eigenvalue weighted by atomic mass is 16.5. The summed E-state index contributed by atoms with van der Waals surface area (Å²) in [5, 5.41) is 23.3. The summed E-state index contributed by atoms with van der Waals surface area (Å²) < 4.78 is 5.35. The first kappa shape index (κ1) is 18.2. The quantitative estimate of drug-likeness (QED) is 0.488. The maximum atomic E-state index is 13.5. The van der Waals surface area contributed by atoms with Crippen LogP contribution >= 0.6 is 0 Å². The Bertz CT molecular complexity index is 885. The van der Waals surface area contributed by atoms with Gasteiger partial charge in [0.15, 0.2) is 0 Å². The highest BCUT2D eigenvalue weighted by molar-refractivity contribution is 5.85. The molecule has 4 aliphatic rings. The molecule has 1 aliphatic carbocycles. The third-order valence-corrected chi connectivity index (χ3v) is 8.54. The number of ether oxygens (including phenoxy) is 1. The van der Waals surface area contributed by atoms with Crippen LogP contribution < -0.4 is 9.80 Å². The number of aliphatic hydroxyl groups is 2. The molecule has 5 rings (SSSR count). The number of esters is 1. The average Bonchev–Trinajstić information content (AvgIpc) is 2.94. The van der Waals surface area contributed by atoms with E-state index in [9.17, 15) is 15.0 Å². The molecular weight excluding hydrogens is 356 g/mol. The lowest BCUT2D eigenvalue weighted by atomic mass is 9.41. The second kappa shape index (κ2) is 5.59. The molecule has 2 saturated heterocycles. The lowest BCUT2D eigenvalue weighted by Gasteiger charge is -2.68. The monoisotopic (exact) mass is 385 g/mol. The minimum absolute atomic E-state index is 0.0170. The van der Waals surface area contributed by atoms with Crippen molar-refractivity contribution in [1.29, 1.82) is 0 Å². The number of hydrogen-bond donors (Lipinski definition) is 3. The van der Waals surface area contributed by atoms with Gasteiger partial charge in [0.2, 0.25) is 5.72 Å². The second-order valence-electron chi connectivity index (χ2n) is 8.87. The van der Waals surface area contributed by atoms with Crippen LogP contribution in [0, 0.1) is 11.3 Å². The molecule has 1 aromatic carbocycles. The van der Waals surface area contributed by atoms with Crippen LogP contribution in [-0.2, 0) is 14.9 Å². The first-order chi connectivity index (χ1) is 13.4. The van der Waals surface area contributed by atoms with Crippen LogP contribution in [0.15, 0.2) is 35.9 Å². The third kappa shape index (κ3) is 1.59. The molecule has 0 amide bonds. The fourth-order valence-corrected chi connectivity index (χ4v) is 7.49. The number of carbonyl (C=O) groups excluding carboxylic acids is 1. The normalized spacial score (nSPS) is 44.4. The zero-order valence-electron chi connectivity index (χ0n) is 16.7. The number of nitrogens with zero attached hydrogens (tertiary/aromatic N) is 1. The number of fused-ring (bicyclic) bond motifs is 2.